The Morgan fingerprint density at radius 1 is 1.12 bits per heavy atom. The molecule has 2 heterocycles. The van der Waals surface area contributed by atoms with Crippen molar-refractivity contribution < 1.29 is 14.0 Å². The number of likely N-dealkylation sites (tertiary alicyclic amines) is 1. The van der Waals surface area contributed by atoms with Gasteiger partial charge in [0.1, 0.15) is 6.26 Å². The van der Waals surface area contributed by atoms with E-state index in [2.05, 4.69) is 15.5 Å². The van der Waals surface area contributed by atoms with Crippen molar-refractivity contribution in [1.82, 2.24) is 10.2 Å². The Bertz CT molecular complexity index is 662. The van der Waals surface area contributed by atoms with Crippen molar-refractivity contribution in [3.05, 3.63) is 54.5 Å². The number of furan rings is 1. The topological polar surface area (TPSA) is 74.6 Å². The molecule has 0 spiro atoms. The van der Waals surface area contributed by atoms with Crippen LogP contribution in [0.15, 0.2) is 53.3 Å². The van der Waals surface area contributed by atoms with Gasteiger partial charge in [0, 0.05) is 24.8 Å². The van der Waals surface area contributed by atoms with Crippen LogP contribution in [0.25, 0.3) is 0 Å². The Morgan fingerprint density at radius 3 is 2.54 bits per heavy atom. The number of hydrogen-bond donors (Lipinski definition) is 2. The minimum atomic E-state index is -0.107. The average molecular weight is 327 g/mol. The van der Waals surface area contributed by atoms with Crippen molar-refractivity contribution in [2.24, 2.45) is 0 Å². The SMILES string of the molecule is O=C(CN1CCC(NC(=O)c2ccoc2)CC1)Nc1ccccc1. The molecular formula is C18H21N3O3. The third kappa shape index (κ3) is 4.45. The van der Waals surface area contributed by atoms with Gasteiger partial charge in [-0.3, -0.25) is 14.5 Å². The molecule has 1 saturated heterocycles. The van der Waals surface area contributed by atoms with Crippen molar-refractivity contribution >= 4 is 17.5 Å². The molecule has 2 N–H and O–H groups in total. The number of nitrogens with zero attached hydrogens (tertiary/aromatic N) is 1. The highest BCUT2D eigenvalue weighted by atomic mass is 16.3. The van der Waals surface area contributed by atoms with Gasteiger partial charge in [-0.15, -0.1) is 0 Å². The number of carbonyl (C=O) groups excluding carboxylic acids is 2. The summed E-state index contributed by atoms with van der Waals surface area (Å²) in [4.78, 5) is 26.2. The molecule has 1 aliphatic rings. The summed E-state index contributed by atoms with van der Waals surface area (Å²) in [5.41, 5.74) is 1.35. The fraction of sp³-hybridized carbons (Fsp3) is 0.333. The number of para-hydroxylation sites is 1. The number of amides is 2. The van der Waals surface area contributed by atoms with Gasteiger partial charge < -0.3 is 15.1 Å². The zero-order valence-electron chi connectivity index (χ0n) is 13.4. The lowest BCUT2D eigenvalue weighted by Crippen LogP contribution is -2.46. The molecule has 2 amide bonds. The van der Waals surface area contributed by atoms with E-state index in [1.807, 2.05) is 30.3 Å². The van der Waals surface area contributed by atoms with Gasteiger partial charge in [-0.2, -0.15) is 0 Å². The number of nitrogens with one attached hydrogen (secondary N) is 2. The Kier molecular flexibility index (Phi) is 5.28. The maximum absolute atomic E-state index is 12.1. The largest absolute Gasteiger partial charge is 0.472 e. The van der Waals surface area contributed by atoms with Gasteiger partial charge in [-0.05, 0) is 31.0 Å². The van der Waals surface area contributed by atoms with E-state index < -0.39 is 0 Å². The minimum absolute atomic E-state index is 0.0120. The first-order valence-electron chi connectivity index (χ1n) is 8.11. The maximum Gasteiger partial charge on any atom is 0.254 e. The first-order valence-corrected chi connectivity index (χ1v) is 8.11. The Hall–Kier alpha value is -2.60. The molecule has 0 unspecified atom stereocenters. The Balaban J connectivity index is 1.40. The molecule has 0 atom stereocenters. The van der Waals surface area contributed by atoms with Crippen LogP contribution in [-0.4, -0.2) is 42.4 Å². The molecule has 3 rings (SSSR count). The van der Waals surface area contributed by atoms with Gasteiger partial charge in [-0.25, -0.2) is 0 Å². The van der Waals surface area contributed by atoms with Crippen LogP contribution in [0.2, 0.25) is 0 Å². The van der Waals surface area contributed by atoms with E-state index in [4.69, 9.17) is 4.42 Å². The van der Waals surface area contributed by atoms with Crippen LogP contribution >= 0.6 is 0 Å². The van der Waals surface area contributed by atoms with E-state index in [0.717, 1.165) is 31.6 Å². The summed E-state index contributed by atoms with van der Waals surface area (Å²) in [6, 6.07) is 11.2. The molecule has 0 radical (unpaired) electrons. The van der Waals surface area contributed by atoms with Crippen LogP contribution in [0.5, 0.6) is 0 Å². The van der Waals surface area contributed by atoms with Crippen molar-refractivity contribution in [3.63, 3.8) is 0 Å². The quantitative estimate of drug-likeness (QED) is 0.882. The lowest BCUT2D eigenvalue weighted by atomic mass is 10.0. The lowest BCUT2D eigenvalue weighted by molar-refractivity contribution is -0.117. The van der Waals surface area contributed by atoms with Crippen LogP contribution in [0.4, 0.5) is 5.69 Å². The number of benzene rings is 1. The summed E-state index contributed by atoms with van der Waals surface area (Å²) in [6.45, 7) is 1.95. The van der Waals surface area contributed by atoms with Gasteiger partial charge in [-0.1, -0.05) is 18.2 Å². The van der Waals surface area contributed by atoms with Gasteiger partial charge in [0.25, 0.3) is 5.91 Å². The molecule has 1 aliphatic heterocycles. The summed E-state index contributed by atoms with van der Waals surface area (Å²) in [6.07, 6.45) is 4.60. The van der Waals surface area contributed by atoms with Crippen LogP contribution in [0.1, 0.15) is 23.2 Å². The van der Waals surface area contributed by atoms with E-state index in [1.165, 1.54) is 12.5 Å². The number of anilines is 1. The monoisotopic (exact) mass is 327 g/mol. The number of hydrogen-bond acceptors (Lipinski definition) is 4. The maximum atomic E-state index is 12.1. The molecule has 1 fully saturated rings. The molecule has 0 aliphatic carbocycles. The van der Waals surface area contributed by atoms with E-state index in [9.17, 15) is 9.59 Å². The van der Waals surface area contributed by atoms with E-state index in [-0.39, 0.29) is 17.9 Å². The highest BCUT2D eigenvalue weighted by molar-refractivity contribution is 5.94. The van der Waals surface area contributed by atoms with Gasteiger partial charge in [0.15, 0.2) is 0 Å². The highest BCUT2D eigenvalue weighted by Crippen LogP contribution is 2.12. The van der Waals surface area contributed by atoms with Crippen LogP contribution < -0.4 is 10.6 Å². The summed E-state index contributed by atoms with van der Waals surface area (Å²) < 4.78 is 4.92. The van der Waals surface area contributed by atoms with Crippen molar-refractivity contribution in [1.29, 1.82) is 0 Å². The summed E-state index contributed by atoms with van der Waals surface area (Å²) in [5.74, 6) is -0.119. The first kappa shape index (κ1) is 16.3. The molecule has 6 nitrogen and oxygen atoms in total. The highest BCUT2D eigenvalue weighted by Gasteiger charge is 2.22. The summed E-state index contributed by atoms with van der Waals surface area (Å²) in [5, 5.41) is 5.90. The third-order valence-corrected chi connectivity index (χ3v) is 4.13. The van der Waals surface area contributed by atoms with E-state index in [1.54, 1.807) is 6.07 Å². The molecule has 0 saturated carbocycles. The second-order valence-electron chi connectivity index (χ2n) is 5.95. The summed E-state index contributed by atoms with van der Waals surface area (Å²) in [7, 11) is 0. The molecule has 126 valence electrons. The van der Waals surface area contributed by atoms with E-state index >= 15 is 0 Å². The normalized spacial score (nSPS) is 15.8. The lowest BCUT2D eigenvalue weighted by Gasteiger charge is -2.31. The zero-order valence-corrected chi connectivity index (χ0v) is 13.4. The van der Waals surface area contributed by atoms with Crippen molar-refractivity contribution in [2.45, 2.75) is 18.9 Å². The first-order chi connectivity index (χ1) is 11.7. The van der Waals surface area contributed by atoms with Crippen LogP contribution in [0, 0.1) is 0 Å². The molecule has 24 heavy (non-hydrogen) atoms. The molecule has 6 heteroatoms. The molecule has 1 aromatic carbocycles. The molecule has 2 aromatic rings. The second-order valence-corrected chi connectivity index (χ2v) is 5.95. The van der Waals surface area contributed by atoms with Crippen LogP contribution in [0.3, 0.4) is 0 Å². The predicted octanol–water partition coefficient (Wildman–Crippen LogP) is 2.11. The average Bonchev–Trinajstić information content (AvgIpc) is 3.12. The smallest absolute Gasteiger partial charge is 0.254 e. The number of carbonyl (C=O) groups is 2. The minimum Gasteiger partial charge on any atom is -0.472 e. The van der Waals surface area contributed by atoms with Gasteiger partial charge >= 0.3 is 0 Å². The second kappa shape index (κ2) is 7.79. The summed E-state index contributed by atoms with van der Waals surface area (Å²) >= 11 is 0. The Morgan fingerprint density at radius 2 is 1.88 bits per heavy atom. The zero-order chi connectivity index (χ0) is 16.8. The van der Waals surface area contributed by atoms with Crippen LogP contribution in [-0.2, 0) is 4.79 Å². The number of piperidine rings is 1. The molecule has 1 aromatic heterocycles. The van der Waals surface area contributed by atoms with Crippen molar-refractivity contribution in [2.75, 3.05) is 25.0 Å². The fourth-order valence-electron chi connectivity index (χ4n) is 2.82. The fourth-order valence-corrected chi connectivity index (χ4v) is 2.82. The van der Waals surface area contributed by atoms with E-state index in [0.29, 0.717) is 12.1 Å². The molecule has 0 bridgehead atoms. The predicted molar refractivity (Wildman–Crippen MR) is 90.7 cm³/mol. The third-order valence-electron chi connectivity index (χ3n) is 4.13. The molecular weight excluding hydrogens is 306 g/mol. The Labute approximate surface area is 140 Å². The number of rotatable bonds is 5. The van der Waals surface area contributed by atoms with Crippen molar-refractivity contribution in [3.8, 4) is 0 Å². The van der Waals surface area contributed by atoms with Gasteiger partial charge in [0.05, 0.1) is 18.4 Å². The standard InChI is InChI=1S/C18H21N3O3/c22-17(19-15-4-2-1-3-5-15)12-21-9-6-16(7-10-21)20-18(23)14-8-11-24-13-14/h1-5,8,11,13,16H,6-7,9-10,12H2,(H,19,22)(H,20,23). The van der Waals surface area contributed by atoms with Gasteiger partial charge in [0.2, 0.25) is 5.91 Å².